The summed E-state index contributed by atoms with van der Waals surface area (Å²) in [5.74, 6) is 1.65. The van der Waals surface area contributed by atoms with Gasteiger partial charge in [0.1, 0.15) is 0 Å². The lowest BCUT2D eigenvalue weighted by Gasteiger charge is -2.17. The van der Waals surface area contributed by atoms with E-state index in [1.807, 2.05) is 36.4 Å². The Kier molecular flexibility index (Phi) is 3.62. The largest absolute Gasteiger partial charge is 0.454 e. The van der Waals surface area contributed by atoms with E-state index in [1.165, 1.54) is 0 Å². The van der Waals surface area contributed by atoms with E-state index in [4.69, 9.17) is 21.1 Å². The van der Waals surface area contributed by atoms with Gasteiger partial charge in [0, 0.05) is 16.8 Å². The van der Waals surface area contributed by atoms with Crippen molar-refractivity contribution in [2.45, 2.75) is 18.8 Å². The molecule has 0 aromatic heterocycles. The van der Waals surface area contributed by atoms with Crippen molar-refractivity contribution in [2.24, 2.45) is 5.92 Å². The number of hydrogen-bond donors (Lipinski definition) is 1. The standard InChI is InChI=1S/C18H16ClNO3/c19-13-5-3-12(4-6-13)17(11-1-2-11)18(21)20-14-7-8-15-16(9-14)23-10-22-15/h3-9,11,17H,1-2,10H2,(H,20,21). The first-order chi connectivity index (χ1) is 11.2. The Balaban J connectivity index is 1.55. The van der Waals surface area contributed by atoms with E-state index in [0.29, 0.717) is 22.4 Å². The first kappa shape index (κ1) is 14.4. The fraction of sp³-hybridized carbons (Fsp3) is 0.278. The molecule has 5 heteroatoms. The highest BCUT2D eigenvalue weighted by molar-refractivity contribution is 6.30. The summed E-state index contributed by atoms with van der Waals surface area (Å²) >= 11 is 5.95. The van der Waals surface area contributed by atoms with Crippen LogP contribution >= 0.6 is 11.6 Å². The topological polar surface area (TPSA) is 47.6 Å². The quantitative estimate of drug-likeness (QED) is 0.914. The summed E-state index contributed by atoms with van der Waals surface area (Å²) in [6.45, 7) is 0.224. The zero-order valence-corrected chi connectivity index (χ0v) is 13.2. The Bertz CT molecular complexity index is 740. The summed E-state index contributed by atoms with van der Waals surface area (Å²) in [6, 6.07) is 13.0. The van der Waals surface area contributed by atoms with Crippen molar-refractivity contribution in [1.29, 1.82) is 0 Å². The minimum Gasteiger partial charge on any atom is -0.454 e. The molecule has 1 unspecified atom stereocenters. The van der Waals surface area contributed by atoms with Crippen LogP contribution in [0.4, 0.5) is 5.69 Å². The average molecular weight is 330 g/mol. The Hall–Kier alpha value is -2.20. The SMILES string of the molecule is O=C(Nc1ccc2c(c1)OCO2)C(c1ccc(Cl)cc1)C1CC1. The van der Waals surface area contributed by atoms with E-state index in [1.54, 1.807) is 6.07 Å². The number of anilines is 1. The van der Waals surface area contributed by atoms with Crippen molar-refractivity contribution in [3.63, 3.8) is 0 Å². The number of amides is 1. The molecule has 118 valence electrons. The third-order valence-electron chi connectivity index (χ3n) is 4.25. The van der Waals surface area contributed by atoms with Crippen molar-refractivity contribution in [3.8, 4) is 11.5 Å². The number of carbonyl (C=O) groups is 1. The number of ether oxygens (including phenoxy) is 2. The Morgan fingerprint density at radius 3 is 2.57 bits per heavy atom. The number of hydrogen-bond acceptors (Lipinski definition) is 3. The van der Waals surface area contributed by atoms with Crippen LogP contribution in [-0.4, -0.2) is 12.7 Å². The van der Waals surface area contributed by atoms with Gasteiger partial charge in [-0.25, -0.2) is 0 Å². The summed E-state index contributed by atoms with van der Waals surface area (Å²) in [5.41, 5.74) is 1.73. The Morgan fingerprint density at radius 1 is 1.09 bits per heavy atom. The molecular weight excluding hydrogens is 314 g/mol. The molecule has 1 N–H and O–H groups in total. The fourth-order valence-electron chi connectivity index (χ4n) is 2.93. The summed E-state index contributed by atoms with van der Waals surface area (Å²) in [5, 5.41) is 3.68. The molecule has 1 atom stereocenters. The summed E-state index contributed by atoms with van der Waals surface area (Å²) in [6.07, 6.45) is 2.17. The maximum Gasteiger partial charge on any atom is 0.232 e. The van der Waals surface area contributed by atoms with Gasteiger partial charge in [-0.15, -0.1) is 0 Å². The van der Waals surface area contributed by atoms with Gasteiger partial charge >= 0.3 is 0 Å². The second-order valence-corrected chi connectivity index (χ2v) is 6.36. The third kappa shape index (κ3) is 2.99. The Labute approximate surface area is 139 Å². The highest BCUT2D eigenvalue weighted by atomic mass is 35.5. The average Bonchev–Trinajstić information content (AvgIpc) is 3.26. The maximum atomic E-state index is 12.8. The minimum atomic E-state index is -0.141. The molecule has 0 spiro atoms. The minimum absolute atomic E-state index is 0.00804. The third-order valence-corrected chi connectivity index (χ3v) is 4.50. The number of benzene rings is 2. The van der Waals surface area contributed by atoms with Crippen molar-refractivity contribution in [2.75, 3.05) is 12.1 Å². The van der Waals surface area contributed by atoms with Crippen molar-refractivity contribution in [3.05, 3.63) is 53.1 Å². The lowest BCUT2D eigenvalue weighted by Crippen LogP contribution is -2.22. The van der Waals surface area contributed by atoms with Gasteiger partial charge in [0.2, 0.25) is 12.7 Å². The molecule has 2 aromatic rings. The smallest absolute Gasteiger partial charge is 0.232 e. The van der Waals surface area contributed by atoms with Gasteiger partial charge in [-0.3, -0.25) is 4.79 Å². The van der Waals surface area contributed by atoms with Gasteiger partial charge in [0.25, 0.3) is 0 Å². The first-order valence-corrected chi connectivity index (χ1v) is 8.04. The summed E-state index contributed by atoms with van der Waals surface area (Å²) in [4.78, 5) is 12.8. The molecular formula is C18H16ClNO3. The van der Waals surface area contributed by atoms with Crippen LogP contribution in [0.15, 0.2) is 42.5 Å². The highest BCUT2D eigenvalue weighted by Gasteiger charge is 2.37. The Morgan fingerprint density at radius 2 is 1.83 bits per heavy atom. The maximum absolute atomic E-state index is 12.8. The predicted molar refractivity (Wildman–Crippen MR) is 88.1 cm³/mol. The van der Waals surface area contributed by atoms with E-state index in [2.05, 4.69) is 5.32 Å². The number of fused-ring (bicyclic) bond motifs is 1. The summed E-state index contributed by atoms with van der Waals surface area (Å²) in [7, 11) is 0. The molecule has 0 saturated heterocycles. The van der Waals surface area contributed by atoms with E-state index in [-0.39, 0.29) is 18.6 Å². The summed E-state index contributed by atoms with van der Waals surface area (Å²) < 4.78 is 10.6. The molecule has 4 nitrogen and oxygen atoms in total. The van der Waals surface area contributed by atoms with Crippen LogP contribution < -0.4 is 14.8 Å². The fourth-order valence-corrected chi connectivity index (χ4v) is 3.06. The van der Waals surface area contributed by atoms with Crippen molar-refractivity contribution < 1.29 is 14.3 Å². The lowest BCUT2D eigenvalue weighted by molar-refractivity contribution is -0.118. The van der Waals surface area contributed by atoms with Gasteiger partial charge < -0.3 is 14.8 Å². The van der Waals surface area contributed by atoms with Crippen molar-refractivity contribution in [1.82, 2.24) is 0 Å². The van der Waals surface area contributed by atoms with E-state index in [0.717, 1.165) is 24.1 Å². The van der Waals surface area contributed by atoms with E-state index < -0.39 is 0 Å². The molecule has 4 rings (SSSR count). The second kappa shape index (κ2) is 5.78. The number of rotatable bonds is 4. The zero-order valence-electron chi connectivity index (χ0n) is 12.4. The molecule has 0 radical (unpaired) electrons. The second-order valence-electron chi connectivity index (χ2n) is 5.92. The van der Waals surface area contributed by atoms with Crippen LogP contribution in [0.1, 0.15) is 24.3 Å². The van der Waals surface area contributed by atoms with E-state index in [9.17, 15) is 4.79 Å². The van der Waals surface area contributed by atoms with Gasteiger partial charge in [-0.2, -0.15) is 0 Å². The normalized spacial score (nSPS) is 16.9. The lowest BCUT2D eigenvalue weighted by atomic mass is 9.93. The highest BCUT2D eigenvalue weighted by Crippen LogP contribution is 2.43. The van der Waals surface area contributed by atoms with Crippen LogP contribution in [0.25, 0.3) is 0 Å². The molecule has 2 aromatic carbocycles. The number of carbonyl (C=O) groups excluding carboxylic acids is 1. The molecule has 2 aliphatic rings. The molecule has 1 saturated carbocycles. The van der Waals surface area contributed by atoms with Gasteiger partial charge in [0.15, 0.2) is 11.5 Å². The van der Waals surface area contributed by atoms with E-state index >= 15 is 0 Å². The van der Waals surface area contributed by atoms with Crippen molar-refractivity contribution >= 4 is 23.2 Å². The van der Waals surface area contributed by atoms with Crippen LogP contribution in [0.2, 0.25) is 5.02 Å². The monoisotopic (exact) mass is 329 g/mol. The molecule has 0 bridgehead atoms. The van der Waals surface area contributed by atoms with Gasteiger partial charge in [0.05, 0.1) is 5.92 Å². The molecule has 1 amide bonds. The van der Waals surface area contributed by atoms with Crippen LogP contribution in [0, 0.1) is 5.92 Å². The van der Waals surface area contributed by atoms with Crippen LogP contribution in [0.5, 0.6) is 11.5 Å². The molecule has 1 aliphatic carbocycles. The zero-order chi connectivity index (χ0) is 15.8. The van der Waals surface area contributed by atoms with Crippen LogP contribution in [0.3, 0.4) is 0 Å². The molecule has 1 heterocycles. The molecule has 1 aliphatic heterocycles. The first-order valence-electron chi connectivity index (χ1n) is 7.67. The predicted octanol–water partition coefficient (Wildman–Crippen LogP) is 4.20. The molecule has 1 fully saturated rings. The number of nitrogens with one attached hydrogen (secondary N) is 1. The van der Waals surface area contributed by atoms with Gasteiger partial charge in [-0.1, -0.05) is 23.7 Å². The molecule has 23 heavy (non-hydrogen) atoms. The number of halogens is 1. The van der Waals surface area contributed by atoms with Gasteiger partial charge in [-0.05, 0) is 48.6 Å². The van der Waals surface area contributed by atoms with Crippen LogP contribution in [-0.2, 0) is 4.79 Å².